The molecule has 0 aromatic heterocycles. The maximum atomic E-state index is 10.9. The monoisotopic (exact) mass is 488 g/mol. The maximum Gasteiger partial charge on any atom is 0.127 e. The van der Waals surface area contributed by atoms with Gasteiger partial charge in [-0.2, -0.15) is 0 Å². The molecule has 0 heterocycles. The topological polar surface area (TPSA) is 45.0 Å². The van der Waals surface area contributed by atoms with Gasteiger partial charge in [-0.25, -0.2) is 0 Å². The Morgan fingerprint density at radius 1 is 0.861 bits per heavy atom. The predicted octanol–water partition coefficient (Wildman–Crippen LogP) is 8.80. The molecule has 1 fully saturated rings. The molecule has 0 saturated heterocycles. The summed E-state index contributed by atoms with van der Waals surface area (Å²) in [6, 6.07) is 11.2. The number of aryl methyl sites for hydroxylation is 3. The lowest BCUT2D eigenvalue weighted by Crippen LogP contribution is -2.27. The smallest absolute Gasteiger partial charge is 0.127 e. The van der Waals surface area contributed by atoms with E-state index >= 15 is 0 Å². The van der Waals surface area contributed by atoms with Gasteiger partial charge in [-0.15, -0.1) is 0 Å². The third kappa shape index (κ3) is 7.08. The van der Waals surface area contributed by atoms with Gasteiger partial charge in [-0.3, -0.25) is 9.98 Å². The number of benzene rings is 2. The SMILES string of the molecule is CCCCC(C)(CCCC)c1cc(C)c(O)c(C=NC2CCCCC2N=Cc2c(C)cccc2C)c1. The molecular weight excluding hydrogens is 440 g/mol. The fourth-order valence-electron chi connectivity index (χ4n) is 5.62. The number of nitrogens with zero attached hydrogens (tertiary/aromatic N) is 2. The van der Waals surface area contributed by atoms with E-state index in [1.165, 1.54) is 73.6 Å². The molecule has 1 saturated carbocycles. The molecule has 0 bridgehead atoms. The van der Waals surface area contributed by atoms with Crippen molar-refractivity contribution in [1.82, 2.24) is 0 Å². The van der Waals surface area contributed by atoms with Crippen molar-refractivity contribution in [2.75, 3.05) is 0 Å². The number of unbranched alkanes of at least 4 members (excludes halogenated alkanes) is 2. The van der Waals surface area contributed by atoms with Gasteiger partial charge in [0, 0.05) is 18.0 Å². The van der Waals surface area contributed by atoms with Crippen LogP contribution in [0.25, 0.3) is 0 Å². The molecule has 0 radical (unpaired) electrons. The van der Waals surface area contributed by atoms with Crippen molar-refractivity contribution in [3.8, 4) is 5.75 Å². The molecule has 0 aliphatic heterocycles. The van der Waals surface area contributed by atoms with Gasteiger partial charge in [0.05, 0.1) is 12.1 Å². The minimum Gasteiger partial charge on any atom is -0.507 e. The van der Waals surface area contributed by atoms with Crippen LogP contribution in [0.4, 0.5) is 0 Å². The van der Waals surface area contributed by atoms with Crippen molar-refractivity contribution >= 4 is 12.4 Å². The molecule has 196 valence electrons. The van der Waals surface area contributed by atoms with Crippen molar-refractivity contribution < 1.29 is 5.11 Å². The van der Waals surface area contributed by atoms with Crippen molar-refractivity contribution in [3.05, 3.63) is 63.7 Å². The molecular formula is C33H48N2O. The largest absolute Gasteiger partial charge is 0.507 e. The highest BCUT2D eigenvalue weighted by molar-refractivity contribution is 5.85. The lowest BCUT2D eigenvalue weighted by molar-refractivity contribution is 0.373. The van der Waals surface area contributed by atoms with Gasteiger partial charge in [0.15, 0.2) is 0 Å². The first kappa shape index (κ1) is 28.2. The van der Waals surface area contributed by atoms with Gasteiger partial charge in [0.1, 0.15) is 5.75 Å². The fourth-order valence-corrected chi connectivity index (χ4v) is 5.62. The third-order valence-electron chi connectivity index (χ3n) is 8.23. The van der Waals surface area contributed by atoms with Gasteiger partial charge in [0.25, 0.3) is 0 Å². The van der Waals surface area contributed by atoms with E-state index in [-0.39, 0.29) is 17.5 Å². The van der Waals surface area contributed by atoms with Crippen LogP contribution in [0.2, 0.25) is 0 Å². The number of aliphatic imine (C=N–C) groups is 2. The number of hydrogen-bond donors (Lipinski definition) is 1. The Balaban J connectivity index is 1.87. The highest BCUT2D eigenvalue weighted by Crippen LogP contribution is 2.38. The summed E-state index contributed by atoms with van der Waals surface area (Å²) in [5, 5.41) is 10.9. The van der Waals surface area contributed by atoms with Gasteiger partial charge in [-0.05, 0) is 85.8 Å². The molecule has 0 spiro atoms. The molecule has 2 unspecified atom stereocenters. The number of hydrogen-bond acceptors (Lipinski definition) is 3. The Bertz CT molecular complexity index is 1020. The molecule has 1 aliphatic carbocycles. The lowest BCUT2D eigenvalue weighted by atomic mass is 9.73. The van der Waals surface area contributed by atoms with E-state index in [9.17, 15) is 5.11 Å². The molecule has 2 atom stereocenters. The Hall–Kier alpha value is -2.42. The molecule has 1 aliphatic rings. The molecule has 3 nitrogen and oxygen atoms in total. The molecule has 0 amide bonds. The highest BCUT2D eigenvalue weighted by Gasteiger charge is 2.27. The van der Waals surface area contributed by atoms with E-state index in [1.807, 2.05) is 13.1 Å². The number of rotatable bonds is 11. The minimum atomic E-state index is 0.135. The van der Waals surface area contributed by atoms with Crippen LogP contribution in [0.5, 0.6) is 5.75 Å². The molecule has 2 aromatic rings. The first-order valence-corrected chi connectivity index (χ1v) is 14.3. The number of phenols is 1. The Labute approximate surface area is 220 Å². The first-order chi connectivity index (χ1) is 17.3. The van der Waals surface area contributed by atoms with Crippen LogP contribution in [0.15, 0.2) is 40.3 Å². The molecule has 1 N–H and O–H groups in total. The second-order valence-corrected chi connectivity index (χ2v) is 11.3. The predicted molar refractivity (Wildman–Crippen MR) is 156 cm³/mol. The minimum absolute atomic E-state index is 0.135. The van der Waals surface area contributed by atoms with Crippen LogP contribution in [-0.2, 0) is 5.41 Å². The van der Waals surface area contributed by atoms with E-state index in [0.29, 0.717) is 5.75 Å². The average molecular weight is 489 g/mol. The summed E-state index contributed by atoms with van der Waals surface area (Å²) in [6.07, 6.45) is 15.7. The van der Waals surface area contributed by atoms with E-state index in [1.54, 1.807) is 0 Å². The lowest BCUT2D eigenvalue weighted by Gasteiger charge is -2.31. The van der Waals surface area contributed by atoms with Crippen LogP contribution in [0.1, 0.15) is 118 Å². The second kappa shape index (κ2) is 13.2. The van der Waals surface area contributed by atoms with Crippen LogP contribution < -0.4 is 0 Å². The number of aromatic hydroxyl groups is 1. The molecule has 36 heavy (non-hydrogen) atoms. The maximum absolute atomic E-state index is 10.9. The van der Waals surface area contributed by atoms with E-state index < -0.39 is 0 Å². The summed E-state index contributed by atoms with van der Waals surface area (Å²) in [4.78, 5) is 10.1. The van der Waals surface area contributed by atoms with Crippen LogP contribution >= 0.6 is 0 Å². The summed E-state index contributed by atoms with van der Waals surface area (Å²) in [5.41, 5.74) is 7.03. The van der Waals surface area contributed by atoms with E-state index in [2.05, 4.69) is 71.2 Å². The standard InChI is InChI=1S/C33H48N2O/c1-7-9-18-33(6,19-10-8-2)28-20-26(5)32(36)27(21-28)22-34-30-16-11-12-17-31(30)35-23-29-24(3)14-13-15-25(29)4/h13-15,20-23,30-31,36H,7-12,16-19H2,1-6H3. The second-order valence-electron chi connectivity index (χ2n) is 11.3. The van der Waals surface area contributed by atoms with Crippen molar-refractivity contribution in [3.63, 3.8) is 0 Å². The van der Waals surface area contributed by atoms with E-state index in [0.717, 1.165) is 24.0 Å². The van der Waals surface area contributed by atoms with Gasteiger partial charge < -0.3 is 5.11 Å². The van der Waals surface area contributed by atoms with E-state index in [4.69, 9.17) is 9.98 Å². The van der Waals surface area contributed by atoms with Crippen LogP contribution in [0.3, 0.4) is 0 Å². The molecule has 3 rings (SSSR count). The number of phenolic OH excluding ortho intramolecular Hbond substituents is 1. The summed E-state index contributed by atoms with van der Waals surface area (Å²) in [5.74, 6) is 0.363. The van der Waals surface area contributed by atoms with Crippen molar-refractivity contribution in [2.24, 2.45) is 9.98 Å². The Kier molecular flexibility index (Phi) is 10.3. The molecule has 2 aromatic carbocycles. The summed E-state index contributed by atoms with van der Waals surface area (Å²) < 4.78 is 0. The average Bonchev–Trinajstić information content (AvgIpc) is 2.87. The zero-order chi connectivity index (χ0) is 26.1. The van der Waals surface area contributed by atoms with Crippen molar-refractivity contribution in [1.29, 1.82) is 0 Å². The highest BCUT2D eigenvalue weighted by atomic mass is 16.3. The van der Waals surface area contributed by atoms with Gasteiger partial charge >= 0.3 is 0 Å². The van der Waals surface area contributed by atoms with Crippen LogP contribution in [0, 0.1) is 20.8 Å². The van der Waals surface area contributed by atoms with Gasteiger partial charge in [-0.1, -0.05) is 83.6 Å². The normalized spacial score (nSPS) is 18.9. The zero-order valence-electron chi connectivity index (χ0n) is 23.6. The summed E-state index contributed by atoms with van der Waals surface area (Å²) in [6.45, 7) is 13.3. The van der Waals surface area contributed by atoms with Crippen LogP contribution in [-0.4, -0.2) is 29.6 Å². The summed E-state index contributed by atoms with van der Waals surface area (Å²) in [7, 11) is 0. The quantitative estimate of drug-likeness (QED) is 0.316. The Morgan fingerprint density at radius 3 is 1.97 bits per heavy atom. The zero-order valence-corrected chi connectivity index (χ0v) is 23.6. The van der Waals surface area contributed by atoms with Crippen molar-refractivity contribution in [2.45, 2.75) is 123 Å². The molecule has 3 heteroatoms. The fraction of sp³-hybridized carbons (Fsp3) is 0.576. The summed E-state index contributed by atoms with van der Waals surface area (Å²) >= 11 is 0. The van der Waals surface area contributed by atoms with Gasteiger partial charge in [0.2, 0.25) is 0 Å². The third-order valence-corrected chi connectivity index (χ3v) is 8.23. The Morgan fingerprint density at radius 2 is 1.42 bits per heavy atom. The first-order valence-electron chi connectivity index (χ1n) is 14.3.